The van der Waals surface area contributed by atoms with Gasteiger partial charge in [-0.2, -0.15) is 0 Å². The molecular weight excluding hydrogens is 338 g/mol. The van der Waals surface area contributed by atoms with Crippen molar-refractivity contribution in [1.29, 1.82) is 0 Å². The molecule has 6 nitrogen and oxygen atoms in total. The van der Waals surface area contributed by atoms with Crippen molar-refractivity contribution in [2.75, 3.05) is 32.7 Å². The number of nitrogens with zero attached hydrogens (tertiary/aromatic N) is 5. The van der Waals surface area contributed by atoms with Crippen molar-refractivity contribution in [2.45, 2.75) is 32.4 Å². The summed E-state index contributed by atoms with van der Waals surface area (Å²) in [6.45, 7) is 7.61. The van der Waals surface area contributed by atoms with Gasteiger partial charge in [0.15, 0.2) is 0 Å². The molecule has 2 aromatic rings. The summed E-state index contributed by atoms with van der Waals surface area (Å²) in [6.07, 6.45) is 5.87. The van der Waals surface area contributed by atoms with E-state index in [1.165, 1.54) is 5.56 Å². The van der Waals surface area contributed by atoms with Crippen molar-refractivity contribution in [1.82, 2.24) is 24.7 Å². The molecule has 0 spiro atoms. The van der Waals surface area contributed by atoms with Crippen LogP contribution < -0.4 is 0 Å². The number of carbonyl (C=O) groups excluding carboxylic acids is 1. The van der Waals surface area contributed by atoms with Gasteiger partial charge in [-0.05, 0) is 43.5 Å². The third-order valence-electron chi connectivity index (χ3n) is 5.66. The first-order valence-electron chi connectivity index (χ1n) is 9.89. The average Bonchev–Trinajstić information content (AvgIpc) is 3.10. The van der Waals surface area contributed by atoms with Gasteiger partial charge in [-0.1, -0.05) is 12.1 Å². The van der Waals surface area contributed by atoms with Crippen LogP contribution in [-0.2, 0) is 6.54 Å². The fourth-order valence-corrected chi connectivity index (χ4v) is 4.06. The highest BCUT2D eigenvalue weighted by atomic mass is 16.2. The number of hydrogen-bond donors (Lipinski definition) is 0. The van der Waals surface area contributed by atoms with Crippen LogP contribution >= 0.6 is 0 Å². The fourth-order valence-electron chi connectivity index (χ4n) is 4.06. The molecule has 0 atom stereocenters. The van der Waals surface area contributed by atoms with E-state index in [4.69, 9.17) is 0 Å². The summed E-state index contributed by atoms with van der Waals surface area (Å²) in [6, 6.07) is 10.7. The van der Waals surface area contributed by atoms with Gasteiger partial charge < -0.3 is 9.80 Å². The molecule has 27 heavy (non-hydrogen) atoms. The van der Waals surface area contributed by atoms with Crippen LogP contribution in [0.4, 0.5) is 4.79 Å². The lowest BCUT2D eigenvalue weighted by Gasteiger charge is -2.36. The molecule has 2 aromatic heterocycles. The van der Waals surface area contributed by atoms with Crippen LogP contribution in [0.1, 0.15) is 25.3 Å². The maximum Gasteiger partial charge on any atom is 0.320 e. The molecule has 4 rings (SSSR count). The van der Waals surface area contributed by atoms with Crippen LogP contribution in [0, 0.1) is 0 Å². The van der Waals surface area contributed by atoms with E-state index in [1.807, 2.05) is 35.4 Å². The summed E-state index contributed by atoms with van der Waals surface area (Å²) in [5.41, 5.74) is 3.04. The number of hydrogen-bond acceptors (Lipinski definition) is 4. The van der Waals surface area contributed by atoms with Gasteiger partial charge in [0.2, 0.25) is 0 Å². The molecule has 0 radical (unpaired) electrons. The van der Waals surface area contributed by atoms with Crippen molar-refractivity contribution in [3.8, 4) is 11.4 Å². The molecule has 0 aromatic carbocycles. The monoisotopic (exact) mass is 365 g/mol. The normalized spacial score (nSPS) is 19.1. The lowest BCUT2D eigenvalue weighted by atomic mass is 10.0. The minimum atomic E-state index is 0.227. The summed E-state index contributed by atoms with van der Waals surface area (Å²) in [4.78, 5) is 27.8. The predicted octanol–water partition coefficient (Wildman–Crippen LogP) is 2.87. The number of likely N-dealkylation sites (tertiary alicyclic amines) is 1. The highest BCUT2D eigenvalue weighted by Crippen LogP contribution is 2.22. The van der Waals surface area contributed by atoms with Crippen LogP contribution in [0.3, 0.4) is 0 Å². The summed E-state index contributed by atoms with van der Waals surface area (Å²) in [5.74, 6) is 0. The zero-order valence-corrected chi connectivity index (χ0v) is 15.9. The van der Waals surface area contributed by atoms with Crippen molar-refractivity contribution in [2.24, 2.45) is 0 Å². The van der Waals surface area contributed by atoms with Crippen molar-refractivity contribution in [3.63, 3.8) is 0 Å². The fraction of sp³-hybridized carbons (Fsp3) is 0.476. The average molecular weight is 365 g/mol. The first-order chi connectivity index (χ1) is 13.2. The highest BCUT2D eigenvalue weighted by Gasteiger charge is 2.34. The van der Waals surface area contributed by atoms with Crippen molar-refractivity contribution < 1.29 is 4.79 Å². The number of carbonyl (C=O) groups is 1. The second-order valence-electron chi connectivity index (χ2n) is 7.33. The molecule has 0 unspecified atom stereocenters. The molecule has 4 heterocycles. The Labute approximate surface area is 160 Å². The van der Waals surface area contributed by atoms with Crippen LogP contribution in [0.5, 0.6) is 0 Å². The summed E-state index contributed by atoms with van der Waals surface area (Å²) >= 11 is 0. The molecule has 2 fully saturated rings. The first kappa shape index (κ1) is 17.9. The molecule has 2 saturated heterocycles. The predicted molar refractivity (Wildman–Crippen MR) is 105 cm³/mol. The zero-order chi connectivity index (χ0) is 18.6. The second-order valence-corrected chi connectivity index (χ2v) is 7.33. The van der Waals surface area contributed by atoms with E-state index in [1.54, 1.807) is 6.20 Å². The zero-order valence-electron chi connectivity index (χ0n) is 15.9. The van der Waals surface area contributed by atoms with Crippen molar-refractivity contribution >= 4 is 6.03 Å². The number of rotatable bonds is 5. The summed E-state index contributed by atoms with van der Waals surface area (Å²) in [5, 5.41) is 0. The highest BCUT2D eigenvalue weighted by molar-refractivity contribution is 5.76. The summed E-state index contributed by atoms with van der Waals surface area (Å²) in [7, 11) is 0. The van der Waals surface area contributed by atoms with Gasteiger partial charge in [0.25, 0.3) is 0 Å². The number of pyridine rings is 2. The first-order valence-corrected chi connectivity index (χ1v) is 9.89. The van der Waals surface area contributed by atoms with Crippen LogP contribution in [-0.4, -0.2) is 69.5 Å². The number of amides is 2. The summed E-state index contributed by atoms with van der Waals surface area (Å²) < 4.78 is 0. The van der Waals surface area contributed by atoms with E-state index >= 15 is 0 Å². The standard InChI is InChI=1S/C21H27N5O/c1-2-25-13-14-26(21(25)27)18-8-11-24(12-9-18)16-17-6-7-20(23-15-17)19-5-3-4-10-22-19/h3-7,10,15,18H,2,8-9,11-14,16H2,1H3. The third kappa shape index (κ3) is 3.95. The van der Waals surface area contributed by atoms with Gasteiger partial charge in [-0.25, -0.2) is 4.79 Å². The Kier molecular flexibility index (Phi) is 5.34. The van der Waals surface area contributed by atoms with Crippen LogP contribution in [0.2, 0.25) is 0 Å². The molecule has 2 aliphatic heterocycles. The molecule has 0 N–H and O–H groups in total. The van der Waals surface area contributed by atoms with E-state index in [0.29, 0.717) is 6.04 Å². The number of likely N-dealkylation sites (N-methyl/N-ethyl adjacent to an activating group) is 1. The van der Waals surface area contributed by atoms with E-state index < -0.39 is 0 Å². The number of piperidine rings is 1. The lowest BCUT2D eigenvalue weighted by molar-refractivity contribution is 0.126. The Morgan fingerprint density at radius 3 is 2.44 bits per heavy atom. The Bertz CT molecular complexity index is 756. The number of aromatic nitrogens is 2. The van der Waals surface area contributed by atoms with Crippen LogP contribution in [0.15, 0.2) is 42.7 Å². The largest absolute Gasteiger partial charge is 0.323 e. The van der Waals surface area contributed by atoms with E-state index in [9.17, 15) is 4.79 Å². The lowest BCUT2D eigenvalue weighted by Crippen LogP contribution is -2.46. The van der Waals surface area contributed by atoms with E-state index in [2.05, 4.69) is 32.8 Å². The quantitative estimate of drug-likeness (QED) is 0.818. The SMILES string of the molecule is CCN1CCN(C2CCN(Cc3ccc(-c4ccccn4)nc3)CC2)C1=O. The Hall–Kier alpha value is -2.47. The minimum absolute atomic E-state index is 0.227. The van der Waals surface area contributed by atoms with E-state index in [0.717, 1.165) is 63.5 Å². The Morgan fingerprint density at radius 2 is 1.81 bits per heavy atom. The van der Waals surface area contributed by atoms with Gasteiger partial charge in [0, 0.05) is 57.7 Å². The van der Waals surface area contributed by atoms with E-state index in [-0.39, 0.29) is 6.03 Å². The molecule has 0 aliphatic carbocycles. The maximum absolute atomic E-state index is 12.4. The van der Waals surface area contributed by atoms with Gasteiger partial charge in [-0.15, -0.1) is 0 Å². The van der Waals surface area contributed by atoms with Gasteiger partial charge in [0.1, 0.15) is 0 Å². The second kappa shape index (κ2) is 8.05. The molecule has 2 aliphatic rings. The Morgan fingerprint density at radius 1 is 1.00 bits per heavy atom. The minimum Gasteiger partial charge on any atom is -0.323 e. The molecule has 6 heteroatoms. The third-order valence-corrected chi connectivity index (χ3v) is 5.66. The van der Waals surface area contributed by atoms with Gasteiger partial charge in [0.05, 0.1) is 11.4 Å². The molecule has 2 amide bonds. The molecule has 142 valence electrons. The molecule has 0 bridgehead atoms. The van der Waals surface area contributed by atoms with Crippen LogP contribution in [0.25, 0.3) is 11.4 Å². The molecule has 0 saturated carbocycles. The number of urea groups is 1. The topological polar surface area (TPSA) is 52.6 Å². The maximum atomic E-state index is 12.4. The van der Waals surface area contributed by atoms with Gasteiger partial charge in [-0.3, -0.25) is 14.9 Å². The van der Waals surface area contributed by atoms with Gasteiger partial charge >= 0.3 is 6.03 Å². The Balaban J connectivity index is 1.30. The smallest absolute Gasteiger partial charge is 0.320 e. The van der Waals surface area contributed by atoms with Crippen molar-refractivity contribution in [3.05, 3.63) is 48.3 Å². The molecular formula is C21H27N5O.